The maximum atomic E-state index is 13.0. The highest BCUT2D eigenvalue weighted by Crippen LogP contribution is 2.39. The number of esters is 1. The van der Waals surface area contributed by atoms with Crippen molar-refractivity contribution in [2.24, 2.45) is 5.73 Å². The molecule has 0 radical (unpaired) electrons. The molecule has 2 aromatic rings. The summed E-state index contributed by atoms with van der Waals surface area (Å²) in [5.74, 6) is 0.275. The highest BCUT2D eigenvalue weighted by Gasteiger charge is 2.34. The van der Waals surface area contributed by atoms with E-state index >= 15 is 0 Å². The van der Waals surface area contributed by atoms with Gasteiger partial charge in [0.25, 0.3) is 5.91 Å². The van der Waals surface area contributed by atoms with Crippen LogP contribution in [0.4, 0.5) is 0 Å². The maximum absolute atomic E-state index is 13.0. The lowest BCUT2D eigenvalue weighted by Gasteiger charge is -2.37. The average molecular weight is 442 g/mol. The fourth-order valence-corrected chi connectivity index (χ4v) is 3.73. The SMILES string of the molecule is COC(=O)CC1c2cc(OC)c(OC)cc2CCN1C(=O)COc1ccc(C(N)=O)cc1. The van der Waals surface area contributed by atoms with Crippen LogP contribution in [0.3, 0.4) is 0 Å². The van der Waals surface area contributed by atoms with Crippen molar-refractivity contribution < 1.29 is 33.3 Å². The molecule has 9 nitrogen and oxygen atoms in total. The van der Waals surface area contributed by atoms with Crippen molar-refractivity contribution in [3.8, 4) is 17.2 Å². The second-order valence-corrected chi connectivity index (χ2v) is 7.22. The molecule has 0 aromatic heterocycles. The molecule has 0 aliphatic carbocycles. The van der Waals surface area contributed by atoms with Gasteiger partial charge in [-0.2, -0.15) is 0 Å². The smallest absolute Gasteiger partial charge is 0.307 e. The molecule has 2 amide bonds. The lowest BCUT2D eigenvalue weighted by molar-refractivity contribution is -0.144. The molecule has 0 saturated heterocycles. The normalized spacial score (nSPS) is 14.8. The van der Waals surface area contributed by atoms with Gasteiger partial charge in [0, 0.05) is 12.1 Å². The Morgan fingerprint density at radius 1 is 1.03 bits per heavy atom. The van der Waals surface area contributed by atoms with E-state index in [4.69, 9.17) is 24.7 Å². The summed E-state index contributed by atoms with van der Waals surface area (Å²) in [5, 5.41) is 0. The van der Waals surface area contributed by atoms with Crippen molar-refractivity contribution in [1.82, 2.24) is 4.90 Å². The van der Waals surface area contributed by atoms with E-state index in [1.54, 1.807) is 30.2 Å². The molecule has 1 aliphatic rings. The van der Waals surface area contributed by atoms with Crippen LogP contribution in [0, 0.1) is 0 Å². The van der Waals surface area contributed by atoms with Crippen molar-refractivity contribution in [2.45, 2.75) is 18.9 Å². The van der Waals surface area contributed by atoms with Gasteiger partial charge >= 0.3 is 5.97 Å². The van der Waals surface area contributed by atoms with Gasteiger partial charge in [0.1, 0.15) is 5.75 Å². The number of nitrogens with two attached hydrogens (primary N) is 1. The van der Waals surface area contributed by atoms with E-state index in [0.29, 0.717) is 35.8 Å². The van der Waals surface area contributed by atoms with Crippen molar-refractivity contribution >= 4 is 17.8 Å². The molecule has 1 heterocycles. The monoisotopic (exact) mass is 442 g/mol. The second kappa shape index (κ2) is 10.0. The zero-order valence-corrected chi connectivity index (χ0v) is 18.3. The first-order valence-electron chi connectivity index (χ1n) is 10.0. The van der Waals surface area contributed by atoms with Crippen LogP contribution in [0.2, 0.25) is 0 Å². The second-order valence-electron chi connectivity index (χ2n) is 7.22. The zero-order chi connectivity index (χ0) is 23.3. The van der Waals surface area contributed by atoms with E-state index < -0.39 is 17.9 Å². The number of fused-ring (bicyclic) bond motifs is 1. The van der Waals surface area contributed by atoms with E-state index in [2.05, 4.69) is 0 Å². The van der Waals surface area contributed by atoms with Crippen LogP contribution in [-0.2, 0) is 20.7 Å². The fraction of sp³-hybridized carbons (Fsp3) is 0.348. The Balaban J connectivity index is 1.82. The summed E-state index contributed by atoms with van der Waals surface area (Å²) >= 11 is 0. The van der Waals surface area contributed by atoms with E-state index in [-0.39, 0.29) is 18.9 Å². The highest BCUT2D eigenvalue weighted by molar-refractivity contribution is 5.92. The molecule has 170 valence electrons. The van der Waals surface area contributed by atoms with Crippen LogP contribution in [0.1, 0.15) is 33.9 Å². The van der Waals surface area contributed by atoms with Crippen LogP contribution >= 0.6 is 0 Å². The number of primary amides is 1. The number of carbonyl (C=O) groups excluding carboxylic acids is 3. The molecule has 0 fully saturated rings. The molecule has 0 saturated carbocycles. The van der Waals surface area contributed by atoms with E-state index in [1.807, 2.05) is 6.07 Å². The molecule has 2 aromatic carbocycles. The highest BCUT2D eigenvalue weighted by atomic mass is 16.5. The predicted molar refractivity (Wildman–Crippen MR) is 115 cm³/mol. The molecule has 32 heavy (non-hydrogen) atoms. The van der Waals surface area contributed by atoms with Crippen molar-refractivity contribution in [3.63, 3.8) is 0 Å². The Labute approximate surface area is 186 Å². The Hall–Kier alpha value is -3.75. The Morgan fingerprint density at radius 3 is 2.28 bits per heavy atom. The minimum absolute atomic E-state index is 0.00195. The van der Waals surface area contributed by atoms with Gasteiger partial charge in [0.05, 0.1) is 33.8 Å². The molecular formula is C23H26N2O7. The average Bonchev–Trinajstić information content (AvgIpc) is 2.81. The van der Waals surface area contributed by atoms with E-state index in [0.717, 1.165) is 11.1 Å². The molecule has 1 aliphatic heterocycles. The third-order valence-corrected chi connectivity index (χ3v) is 5.41. The van der Waals surface area contributed by atoms with Crippen LogP contribution in [0.5, 0.6) is 17.2 Å². The first-order valence-corrected chi connectivity index (χ1v) is 10.0. The van der Waals surface area contributed by atoms with Crippen molar-refractivity contribution in [2.75, 3.05) is 34.5 Å². The lowest BCUT2D eigenvalue weighted by Crippen LogP contribution is -2.43. The summed E-state index contributed by atoms with van der Waals surface area (Å²) in [6.45, 7) is 0.184. The molecule has 0 bridgehead atoms. The molecular weight excluding hydrogens is 416 g/mol. The van der Waals surface area contributed by atoms with Crippen LogP contribution in [0.25, 0.3) is 0 Å². The summed E-state index contributed by atoms with van der Waals surface area (Å²) in [4.78, 5) is 38.0. The zero-order valence-electron chi connectivity index (χ0n) is 18.3. The fourth-order valence-electron chi connectivity index (χ4n) is 3.73. The summed E-state index contributed by atoms with van der Waals surface area (Å²) in [6.07, 6.45) is 0.588. The van der Waals surface area contributed by atoms with Crippen molar-refractivity contribution in [3.05, 3.63) is 53.1 Å². The quantitative estimate of drug-likeness (QED) is 0.620. The number of hydrogen-bond acceptors (Lipinski definition) is 7. The summed E-state index contributed by atoms with van der Waals surface area (Å²) in [7, 11) is 4.40. The van der Waals surface area contributed by atoms with Gasteiger partial charge in [-0.3, -0.25) is 14.4 Å². The standard InChI is InChI=1S/C23H26N2O7/c1-29-19-10-15-8-9-25(18(12-22(27)31-3)17(15)11-20(19)30-2)21(26)13-32-16-6-4-14(5-7-16)23(24)28/h4-7,10-11,18H,8-9,12-13H2,1-3H3,(H2,24,28). The summed E-state index contributed by atoms with van der Waals surface area (Å²) < 4.78 is 21.2. The first-order chi connectivity index (χ1) is 15.4. The van der Waals surface area contributed by atoms with Gasteiger partial charge in [-0.05, 0) is 53.9 Å². The molecule has 2 N–H and O–H groups in total. The molecule has 1 atom stereocenters. The number of amides is 2. The number of rotatable bonds is 8. The van der Waals surface area contributed by atoms with Gasteiger partial charge in [-0.1, -0.05) is 0 Å². The van der Waals surface area contributed by atoms with Gasteiger partial charge < -0.3 is 29.6 Å². The first kappa shape index (κ1) is 22.9. The van der Waals surface area contributed by atoms with Gasteiger partial charge in [-0.15, -0.1) is 0 Å². The predicted octanol–water partition coefficient (Wildman–Crippen LogP) is 1.87. The topological polar surface area (TPSA) is 117 Å². The number of nitrogens with zero attached hydrogens (tertiary/aromatic N) is 1. The number of ether oxygens (including phenoxy) is 4. The largest absolute Gasteiger partial charge is 0.493 e. The summed E-state index contributed by atoms with van der Waals surface area (Å²) in [6, 6.07) is 9.34. The molecule has 0 spiro atoms. The van der Waals surface area contributed by atoms with Gasteiger partial charge in [-0.25, -0.2) is 0 Å². The van der Waals surface area contributed by atoms with Crippen molar-refractivity contribution in [1.29, 1.82) is 0 Å². The Kier molecular flexibility index (Phi) is 7.19. The molecule has 9 heteroatoms. The van der Waals surface area contributed by atoms with E-state index in [9.17, 15) is 14.4 Å². The molecule has 1 unspecified atom stereocenters. The van der Waals surface area contributed by atoms with Crippen LogP contribution in [0.15, 0.2) is 36.4 Å². The Morgan fingerprint density at radius 2 is 1.69 bits per heavy atom. The lowest BCUT2D eigenvalue weighted by atomic mass is 9.90. The number of carbonyl (C=O) groups is 3. The van der Waals surface area contributed by atoms with E-state index in [1.165, 1.54) is 26.4 Å². The van der Waals surface area contributed by atoms with Crippen LogP contribution in [-0.4, -0.2) is 57.2 Å². The number of methoxy groups -OCH3 is 3. The van der Waals surface area contributed by atoms with Gasteiger partial charge in [0.2, 0.25) is 5.91 Å². The Bertz CT molecular complexity index is 1000. The number of hydrogen-bond donors (Lipinski definition) is 1. The van der Waals surface area contributed by atoms with Gasteiger partial charge in [0.15, 0.2) is 18.1 Å². The third kappa shape index (κ3) is 4.93. The molecule has 3 rings (SSSR count). The third-order valence-electron chi connectivity index (χ3n) is 5.41. The summed E-state index contributed by atoms with van der Waals surface area (Å²) in [5.41, 5.74) is 7.36. The minimum atomic E-state index is -0.544. The van der Waals surface area contributed by atoms with Crippen LogP contribution < -0.4 is 19.9 Å². The minimum Gasteiger partial charge on any atom is -0.493 e. The maximum Gasteiger partial charge on any atom is 0.307 e. The number of benzene rings is 2.